The van der Waals surface area contributed by atoms with Gasteiger partial charge in [0, 0.05) is 18.1 Å². The van der Waals surface area contributed by atoms with Gasteiger partial charge in [-0.3, -0.25) is 14.2 Å². The first kappa shape index (κ1) is 21.3. The van der Waals surface area contributed by atoms with E-state index in [-0.39, 0.29) is 34.7 Å². The van der Waals surface area contributed by atoms with Gasteiger partial charge in [0.1, 0.15) is 5.82 Å². The molecule has 1 heterocycles. The fourth-order valence-corrected chi connectivity index (χ4v) is 3.90. The predicted molar refractivity (Wildman–Crippen MR) is 115 cm³/mol. The fourth-order valence-electron chi connectivity index (χ4n) is 2.82. The van der Waals surface area contributed by atoms with E-state index in [4.69, 9.17) is 11.6 Å². The number of aromatic nitrogens is 2. The summed E-state index contributed by atoms with van der Waals surface area (Å²) in [5.41, 5.74) is 1.13. The summed E-state index contributed by atoms with van der Waals surface area (Å²) in [7, 11) is 0. The zero-order valence-corrected chi connectivity index (χ0v) is 17.7. The summed E-state index contributed by atoms with van der Waals surface area (Å²) in [5, 5.41) is 4.10. The molecule has 0 aliphatic rings. The van der Waals surface area contributed by atoms with Crippen LogP contribution >= 0.6 is 23.4 Å². The Bertz CT molecular complexity index is 1100. The van der Waals surface area contributed by atoms with Crippen molar-refractivity contribution >= 4 is 40.2 Å². The maximum Gasteiger partial charge on any atom is 0.262 e. The Kier molecular flexibility index (Phi) is 6.92. The summed E-state index contributed by atoms with van der Waals surface area (Å²) in [5.74, 6) is -0.300. The van der Waals surface area contributed by atoms with E-state index in [1.165, 1.54) is 30.0 Å². The van der Waals surface area contributed by atoms with Crippen molar-refractivity contribution < 1.29 is 9.18 Å². The molecule has 0 atom stereocenters. The normalized spacial score (nSPS) is 11.2. The highest BCUT2D eigenvalue weighted by Crippen LogP contribution is 2.20. The molecule has 0 radical (unpaired) electrons. The number of hydrogen-bond acceptors (Lipinski definition) is 4. The number of carbonyl (C=O) groups is 1. The van der Waals surface area contributed by atoms with Crippen molar-refractivity contribution in [2.24, 2.45) is 5.92 Å². The number of rotatable bonds is 7. The summed E-state index contributed by atoms with van der Waals surface area (Å²) in [4.78, 5) is 29.7. The quantitative estimate of drug-likeness (QED) is 0.447. The Labute approximate surface area is 177 Å². The number of nitrogens with one attached hydrogen (secondary N) is 1. The number of carbonyl (C=O) groups excluding carboxylic acids is 1. The standard InChI is InChI=1S/C21H21ClFN3O2S/c1-13(2)11-26-20(28)16-5-3-4-6-18(16)25-21(26)29-12-19(27)24-10-14-7-8-15(23)9-17(14)22/h3-9,13H,10-12H2,1-2H3,(H,24,27). The van der Waals surface area contributed by atoms with Gasteiger partial charge in [-0.05, 0) is 35.7 Å². The van der Waals surface area contributed by atoms with E-state index in [9.17, 15) is 14.0 Å². The molecule has 29 heavy (non-hydrogen) atoms. The molecule has 0 saturated heterocycles. The lowest BCUT2D eigenvalue weighted by molar-refractivity contribution is -0.118. The van der Waals surface area contributed by atoms with Crippen molar-refractivity contribution in [1.82, 2.24) is 14.9 Å². The van der Waals surface area contributed by atoms with E-state index in [0.717, 1.165) is 0 Å². The van der Waals surface area contributed by atoms with Crippen LogP contribution in [0.1, 0.15) is 19.4 Å². The van der Waals surface area contributed by atoms with Crippen LogP contribution in [0.2, 0.25) is 5.02 Å². The Morgan fingerprint density at radius 2 is 2.03 bits per heavy atom. The molecule has 5 nitrogen and oxygen atoms in total. The van der Waals surface area contributed by atoms with Gasteiger partial charge in [0.25, 0.3) is 5.56 Å². The van der Waals surface area contributed by atoms with Gasteiger partial charge in [0.05, 0.1) is 16.7 Å². The lowest BCUT2D eigenvalue weighted by Gasteiger charge is -2.15. The van der Waals surface area contributed by atoms with Gasteiger partial charge in [-0.15, -0.1) is 0 Å². The maximum atomic E-state index is 13.1. The second kappa shape index (κ2) is 9.41. The fraction of sp³-hybridized carbons (Fsp3) is 0.286. The average Bonchev–Trinajstić information content (AvgIpc) is 2.68. The van der Waals surface area contributed by atoms with E-state index < -0.39 is 5.82 Å². The van der Waals surface area contributed by atoms with Crippen molar-refractivity contribution in [3.8, 4) is 0 Å². The first-order valence-corrected chi connectivity index (χ1v) is 10.5. The highest BCUT2D eigenvalue weighted by atomic mass is 35.5. The summed E-state index contributed by atoms with van der Waals surface area (Å²) in [6.45, 7) is 4.76. The lowest BCUT2D eigenvalue weighted by atomic mass is 10.2. The Morgan fingerprint density at radius 3 is 2.76 bits per heavy atom. The lowest BCUT2D eigenvalue weighted by Crippen LogP contribution is -2.27. The minimum Gasteiger partial charge on any atom is -0.351 e. The molecule has 1 N–H and O–H groups in total. The van der Waals surface area contributed by atoms with E-state index in [1.807, 2.05) is 26.0 Å². The smallest absolute Gasteiger partial charge is 0.262 e. The third-order valence-electron chi connectivity index (χ3n) is 4.20. The summed E-state index contributed by atoms with van der Waals surface area (Å²) < 4.78 is 14.7. The molecule has 3 aromatic rings. The van der Waals surface area contributed by atoms with E-state index in [2.05, 4.69) is 10.3 Å². The predicted octanol–water partition coefficient (Wildman–Crippen LogP) is 4.25. The maximum absolute atomic E-state index is 13.1. The average molecular weight is 434 g/mol. The van der Waals surface area contributed by atoms with Crippen molar-refractivity contribution in [3.05, 3.63) is 69.2 Å². The van der Waals surface area contributed by atoms with Crippen LogP contribution in [0.25, 0.3) is 10.9 Å². The first-order chi connectivity index (χ1) is 13.8. The van der Waals surface area contributed by atoms with E-state index >= 15 is 0 Å². The van der Waals surface area contributed by atoms with Crippen LogP contribution in [0, 0.1) is 11.7 Å². The molecular formula is C21H21ClFN3O2S. The molecule has 3 rings (SSSR count). The van der Waals surface area contributed by atoms with E-state index in [0.29, 0.717) is 28.2 Å². The van der Waals surface area contributed by atoms with Crippen molar-refractivity contribution in [2.45, 2.75) is 32.1 Å². The first-order valence-electron chi connectivity index (χ1n) is 9.18. The largest absolute Gasteiger partial charge is 0.351 e. The molecule has 1 amide bonds. The molecule has 0 aliphatic heterocycles. The minimum atomic E-state index is -0.425. The molecule has 0 aliphatic carbocycles. The van der Waals surface area contributed by atoms with Crippen LogP contribution in [0.5, 0.6) is 0 Å². The summed E-state index contributed by atoms with van der Waals surface area (Å²) in [6.07, 6.45) is 0. The van der Waals surface area contributed by atoms with Crippen LogP contribution in [0.3, 0.4) is 0 Å². The zero-order chi connectivity index (χ0) is 21.0. The number of benzene rings is 2. The molecule has 0 unspecified atom stereocenters. The van der Waals surface area contributed by atoms with Crippen molar-refractivity contribution in [3.63, 3.8) is 0 Å². The van der Waals surface area contributed by atoms with Crippen LogP contribution in [-0.4, -0.2) is 21.2 Å². The van der Waals surface area contributed by atoms with Crippen LogP contribution in [-0.2, 0) is 17.9 Å². The van der Waals surface area contributed by atoms with Crippen LogP contribution < -0.4 is 10.9 Å². The van der Waals surface area contributed by atoms with Crippen molar-refractivity contribution in [2.75, 3.05) is 5.75 Å². The third kappa shape index (κ3) is 5.36. The molecule has 1 aromatic heterocycles. The van der Waals surface area contributed by atoms with Gasteiger partial charge in [0.15, 0.2) is 5.16 Å². The minimum absolute atomic E-state index is 0.0989. The Morgan fingerprint density at radius 1 is 1.28 bits per heavy atom. The summed E-state index contributed by atoms with van der Waals surface area (Å²) >= 11 is 7.20. The molecule has 2 aromatic carbocycles. The molecule has 152 valence electrons. The van der Waals surface area contributed by atoms with Gasteiger partial charge in [-0.1, -0.05) is 55.4 Å². The highest BCUT2D eigenvalue weighted by Gasteiger charge is 2.14. The van der Waals surface area contributed by atoms with Gasteiger partial charge in [0.2, 0.25) is 5.91 Å². The molecule has 0 bridgehead atoms. The van der Waals surface area contributed by atoms with Gasteiger partial charge < -0.3 is 5.32 Å². The molecule has 8 heteroatoms. The topological polar surface area (TPSA) is 64.0 Å². The van der Waals surface area contributed by atoms with E-state index in [1.54, 1.807) is 16.7 Å². The molecular weight excluding hydrogens is 413 g/mol. The zero-order valence-electron chi connectivity index (χ0n) is 16.1. The highest BCUT2D eigenvalue weighted by molar-refractivity contribution is 7.99. The number of nitrogens with zero attached hydrogens (tertiary/aromatic N) is 2. The number of fused-ring (bicyclic) bond motifs is 1. The molecule has 0 spiro atoms. The SMILES string of the molecule is CC(C)Cn1c(SCC(=O)NCc2ccc(F)cc2Cl)nc2ccccc2c1=O. The second-order valence-electron chi connectivity index (χ2n) is 7.02. The molecule has 0 saturated carbocycles. The van der Waals surface area contributed by atoms with Crippen LogP contribution in [0.15, 0.2) is 52.4 Å². The van der Waals surface area contributed by atoms with Gasteiger partial charge in [-0.2, -0.15) is 0 Å². The van der Waals surface area contributed by atoms with Crippen molar-refractivity contribution in [1.29, 1.82) is 0 Å². The molecule has 0 fully saturated rings. The second-order valence-corrected chi connectivity index (χ2v) is 8.37. The van der Waals surface area contributed by atoms with Gasteiger partial charge in [-0.25, -0.2) is 9.37 Å². The van der Waals surface area contributed by atoms with Gasteiger partial charge >= 0.3 is 0 Å². The number of amides is 1. The number of para-hydroxylation sites is 1. The monoisotopic (exact) mass is 433 g/mol. The number of halogens is 2. The number of thioether (sulfide) groups is 1. The Balaban J connectivity index is 1.73. The summed E-state index contributed by atoms with van der Waals surface area (Å²) in [6, 6.07) is 11.2. The third-order valence-corrected chi connectivity index (χ3v) is 5.53. The Hall–Kier alpha value is -2.38. The number of hydrogen-bond donors (Lipinski definition) is 1. The van der Waals surface area contributed by atoms with Crippen LogP contribution in [0.4, 0.5) is 4.39 Å².